The molecule has 4 fully saturated rings. The fraction of sp³-hybridized carbons (Fsp3) is 0.462. The van der Waals surface area contributed by atoms with E-state index in [1.807, 2.05) is 48.5 Å². The molecule has 0 aromatic heterocycles. The molecule has 6 heterocycles. The number of carbonyl (C=O) groups is 2. The molecule has 0 spiro atoms. The van der Waals surface area contributed by atoms with Gasteiger partial charge in [-0.25, -0.2) is 9.59 Å². The van der Waals surface area contributed by atoms with Gasteiger partial charge in [-0.05, 0) is 36.1 Å². The summed E-state index contributed by atoms with van der Waals surface area (Å²) in [4.78, 5) is 58.6. The summed E-state index contributed by atoms with van der Waals surface area (Å²) < 4.78 is 12.3. The Morgan fingerprint density at radius 3 is 1.13 bits per heavy atom. The van der Waals surface area contributed by atoms with E-state index in [4.69, 9.17) is 29.0 Å². The summed E-state index contributed by atoms with van der Waals surface area (Å²) in [5.41, 5.74) is 0.207. The van der Waals surface area contributed by atoms with Gasteiger partial charge < -0.3 is 9.47 Å². The third-order valence-corrected chi connectivity index (χ3v) is 8.51. The number of ether oxygens (including phenoxy) is 2. The van der Waals surface area contributed by atoms with Gasteiger partial charge in [0.25, 0.3) is 11.3 Å². The summed E-state index contributed by atoms with van der Waals surface area (Å²) >= 11 is 0. The van der Waals surface area contributed by atoms with Crippen LogP contribution >= 0.6 is 0 Å². The van der Waals surface area contributed by atoms with Gasteiger partial charge in [0.2, 0.25) is 0 Å². The fourth-order valence-electron chi connectivity index (χ4n) is 7.10. The number of amides is 4. The number of fused-ring (bicyclic) bond motifs is 2. The van der Waals surface area contributed by atoms with Crippen molar-refractivity contribution in [2.75, 3.05) is 13.2 Å². The van der Waals surface area contributed by atoms with Crippen LogP contribution in [0, 0.1) is 0 Å². The second kappa shape index (κ2) is 7.23. The maximum Gasteiger partial charge on any atom is 0.387 e. The van der Waals surface area contributed by atoms with Crippen LogP contribution in [0.1, 0.15) is 36.1 Å². The Morgan fingerprint density at radius 2 is 0.895 bits per heavy atom. The van der Waals surface area contributed by atoms with E-state index in [2.05, 4.69) is 0 Å². The van der Waals surface area contributed by atoms with E-state index >= 15 is 0 Å². The molecule has 0 unspecified atom stereocenters. The fourth-order valence-corrected chi connectivity index (χ4v) is 7.10. The zero-order valence-electron chi connectivity index (χ0n) is 20.9. The summed E-state index contributed by atoms with van der Waals surface area (Å²) in [6.45, 7) is 4.69. The Bertz CT molecular complexity index is 1200. The summed E-state index contributed by atoms with van der Waals surface area (Å²) in [5.74, 6) is -3.62. The molecule has 2 aromatic carbocycles. The van der Waals surface area contributed by atoms with Gasteiger partial charge in [-0.15, -0.1) is 0 Å². The number of carbonyl (C=O) groups excluding carboxylic acids is 2. The minimum Gasteiger partial charge on any atom is -0.321 e. The monoisotopic (exact) mass is 522 g/mol. The first kappa shape index (κ1) is 22.7. The van der Waals surface area contributed by atoms with Crippen LogP contribution < -0.4 is 0 Å². The first-order valence-corrected chi connectivity index (χ1v) is 12.8. The van der Waals surface area contributed by atoms with E-state index in [-0.39, 0.29) is 51.5 Å². The molecule has 0 atom stereocenters. The zero-order chi connectivity index (χ0) is 25.9. The highest BCUT2D eigenvalue weighted by atomic mass is 17.5. The van der Waals surface area contributed by atoms with Crippen LogP contribution in [-0.2, 0) is 55.2 Å². The predicted octanol–water partition coefficient (Wildman–Crippen LogP) is 2.59. The maximum atomic E-state index is 14.7. The van der Waals surface area contributed by atoms with Crippen LogP contribution in [0.15, 0.2) is 48.5 Å². The molecular weight excluding hydrogens is 496 g/mol. The van der Waals surface area contributed by atoms with Crippen molar-refractivity contribution < 1.29 is 38.6 Å². The Hall–Kier alpha value is -3.26. The molecular formula is C26H26N4O8. The number of urea groups is 2. The lowest BCUT2D eigenvalue weighted by molar-refractivity contribution is -0.282. The second-order valence-electron chi connectivity index (χ2n) is 10.1. The first-order valence-electron chi connectivity index (χ1n) is 12.8. The Balaban J connectivity index is 1.48. The van der Waals surface area contributed by atoms with E-state index in [1.165, 1.54) is 0 Å². The van der Waals surface area contributed by atoms with Crippen molar-refractivity contribution in [3.63, 3.8) is 0 Å². The lowest BCUT2D eigenvalue weighted by Crippen LogP contribution is -2.79. The van der Waals surface area contributed by atoms with E-state index in [9.17, 15) is 9.59 Å². The highest BCUT2D eigenvalue weighted by Crippen LogP contribution is 2.70. The Labute approximate surface area is 217 Å². The molecule has 6 aliphatic heterocycles. The van der Waals surface area contributed by atoms with Crippen molar-refractivity contribution in [3.8, 4) is 0 Å². The quantitative estimate of drug-likeness (QED) is 0.420. The molecule has 2 aromatic rings. The van der Waals surface area contributed by atoms with Gasteiger partial charge in [-0.3, -0.25) is 19.6 Å². The Morgan fingerprint density at radius 1 is 0.605 bits per heavy atom. The van der Waals surface area contributed by atoms with E-state index in [0.29, 0.717) is 0 Å². The van der Waals surface area contributed by atoms with Crippen molar-refractivity contribution in [1.29, 1.82) is 0 Å². The molecule has 0 saturated carbocycles. The average Bonchev–Trinajstić information content (AvgIpc) is 3.83. The van der Waals surface area contributed by atoms with Crippen LogP contribution in [0.5, 0.6) is 0 Å². The van der Waals surface area contributed by atoms with E-state index in [1.54, 1.807) is 33.4 Å². The van der Waals surface area contributed by atoms with Crippen molar-refractivity contribution >= 4 is 12.1 Å². The molecule has 198 valence electrons. The van der Waals surface area contributed by atoms with Gasteiger partial charge in [0, 0.05) is 13.2 Å². The lowest BCUT2D eigenvalue weighted by Gasteiger charge is -2.48. The molecule has 0 N–H and O–H groups in total. The molecule has 6 aliphatic rings. The van der Waals surface area contributed by atoms with Crippen LogP contribution in [-0.4, -0.2) is 68.1 Å². The minimum atomic E-state index is -1.81. The molecule has 0 radical (unpaired) electrons. The highest BCUT2D eigenvalue weighted by molar-refractivity contribution is 5.90. The first-order chi connectivity index (χ1) is 18.5. The molecule has 4 amide bonds. The van der Waals surface area contributed by atoms with Gasteiger partial charge in [0.05, 0.1) is 26.2 Å². The molecule has 8 rings (SSSR count). The van der Waals surface area contributed by atoms with Crippen LogP contribution in [0.3, 0.4) is 0 Å². The largest absolute Gasteiger partial charge is 0.387 e. The van der Waals surface area contributed by atoms with Crippen LogP contribution in [0.2, 0.25) is 0 Å². The third kappa shape index (κ3) is 2.30. The van der Waals surface area contributed by atoms with Crippen molar-refractivity contribution in [2.24, 2.45) is 0 Å². The van der Waals surface area contributed by atoms with Crippen molar-refractivity contribution in [1.82, 2.24) is 19.6 Å². The van der Waals surface area contributed by atoms with Gasteiger partial charge in [0.15, 0.2) is 0 Å². The third-order valence-electron chi connectivity index (χ3n) is 8.51. The summed E-state index contributed by atoms with van der Waals surface area (Å²) in [5, 5.41) is 0. The molecule has 12 nitrogen and oxygen atoms in total. The minimum absolute atomic E-state index is 0.177. The number of hydrogen-bond donors (Lipinski definition) is 0. The average molecular weight is 523 g/mol. The molecule has 12 heteroatoms. The van der Waals surface area contributed by atoms with Crippen LogP contribution in [0.4, 0.5) is 9.59 Å². The molecule has 0 bridgehead atoms. The number of rotatable bonds is 6. The van der Waals surface area contributed by atoms with Gasteiger partial charge in [-0.1, -0.05) is 48.5 Å². The van der Waals surface area contributed by atoms with Crippen molar-refractivity contribution in [2.45, 2.75) is 63.3 Å². The lowest BCUT2D eigenvalue weighted by atomic mass is 9.86. The van der Waals surface area contributed by atoms with E-state index in [0.717, 1.165) is 22.3 Å². The summed E-state index contributed by atoms with van der Waals surface area (Å²) in [6.07, 6.45) is 0. The molecule has 38 heavy (non-hydrogen) atoms. The number of benzene rings is 2. The molecule has 4 saturated heterocycles. The zero-order valence-corrected chi connectivity index (χ0v) is 20.9. The van der Waals surface area contributed by atoms with Crippen LogP contribution in [0.25, 0.3) is 0 Å². The van der Waals surface area contributed by atoms with Gasteiger partial charge in [0.1, 0.15) is 0 Å². The second-order valence-corrected chi connectivity index (χ2v) is 10.1. The highest BCUT2D eigenvalue weighted by Gasteiger charge is 3.00. The number of hydrogen-bond acceptors (Lipinski definition) is 8. The van der Waals surface area contributed by atoms with Crippen molar-refractivity contribution in [3.05, 3.63) is 70.8 Å². The summed E-state index contributed by atoms with van der Waals surface area (Å²) in [6, 6.07) is 14.8. The number of nitrogens with zero attached hydrogens (tertiary/aromatic N) is 4. The SMILES string of the molecule is CCOC1(C23N4Cc5ccccc5CN2C(=O)N2Cc5ccccc5CN(C4=O)C23C2(OCC)OO2)OO1. The topological polar surface area (TPSA) is 116 Å². The molecule has 0 aliphatic carbocycles. The normalized spacial score (nSPS) is 31.0. The summed E-state index contributed by atoms with van der Waals surface area (Å²) in [7, 11) is 0. The Kier molecular flexibility index (Phi) is 4.32. The predicted molar refractivity (Wildman–Crippen MR) is 124 cm³/mol. The van der Waals surface area contributed by atoms with Gasteiger partial charge >= 0.3 is 24.0 Å². The van der Waals surface area contributed by atoms with Gasteiger partial charge in [-0.2, -0.15) is 19.6 Å². The maximum absolute atomic E-state index is 14.7. The smallest absolute Gasteiger partial charge is 0.321 e. The van der Waals surface area contributed by atoms with E-state index < -0.39 is 23.3 Å². The standard InChI is InChI=1S/C26H26N4O8/c1-3-33-25(35-36-25)23-24(26(34-4-2)37-38-26)29-15-19-11-7-8-12-20(19)16-30(24)22(32)28(23)14-18-10-6-5-9-17(18)13-27(23)21(29)31/h5-12H,3-4,13-16H2,1-2H3.